The zero-order valence-electron chi connectivity index (χ0n) is 6.30. The van der Waals surface area contributed by atoms with Gasteiger partial charge in [-0.3, -0.25) is 10.1 Å². The Labute approximate surface area is 101 Å². The molecule has 0 spiro atoms. The van der Waals surface area contributed by atoms with Crippen molar-refractivity contribution in [3.8, 4) is 5.75 Å². The van der Waals surface area contributed by atoms with Gasteiger partial charge in [-0.1, -0.05) is 6.07 Å². The fourth-order valence-electron chi connectivity index (χ4n) is 0.851. The summed E-state index contributed by atoms with van der Waals surface area (Å²) in [5.41, 5.74) is -1.09. The molecule has 0 fully saturated rings. The third-order valence-electron chi connectivity index (χ3n) is 1.44. The van der Waals surface area contributed by atoms with Crippen LogP contribution in [0.2, 0.25) is 0 Å². The van der Waals surface area contributed by atoms with Crippen LogP contribution >= 0.6 is 0 Å². The van der Waals surface area contributed by atoms with Gasteiger partial charge < -0.3 is 10.2 Å². The number of carboxylic acids is 1. The summed E-state index contributed by atoms with van der Waals surface area (Å²) in [6, 6.07) is 3.31. The molecule has 0 aliphatic carbocycles. The van der Waals surface area contributed by atoms with Gasteiger partial charge in [0, 0.05) is 6.07 Å². The van der Waals surface area contributed by atoms with Crippen LogP contribution in [0.3, 0.4) is 0 Å². The van der Waals surface area contributed by atoms with Crippen LogP contribution < -0.4 is 0 Å². The molecule has 0 heterocycles. The standard InChI is InChI=1S/C7H5NO5.Na.H/c9-6-4(7(10)11)2-1-3-5(6)8(12)13;;/h1-3,9H,(H,10,11);;. The molecule has 0 atom stereocenters. The number of carboxylic acid groups (broad SMARTS) is 1. The van der Waals surface area contributed by atoms with E-state index < -0.39 is 27.9 Å². The first-order valence-electron chi connectivity index (χ1n) is 3.23. The number of para-hydroxylation sites is 1. The summed E-state index contributed by atoms with van der Waals surface area (Å²) in [6.45, 7) is 0. The number of nitro groups is 1. The van der Waals surface area contributed by atoms with Crippen molar-refractivity contribution in [2.45, 2.75) is 0 Å². The number of nitrogens with zero attached hydrogens (tertiary/aromatic N) is 1. The zero-order valence-corrected chi connectivity index (χ0v) is 6.30. The Morgan fingerprint density at radius 1 is 1.43 bits per heavy atom. The van der Waals surface area contributed by atoms with Crippen LogP contribution in [0.25, 0.3) is 0 Å². The van der Waals surface area contributed by atoms with Gasteiger partial charge in [0.2, 0.25) is 5.75 Å². The minimum absolute atomic E-state index is 0. The van der Waals surface area contributed by atoms with Gasteiger partial charge in [-0.15, -0.1) is 0 Å². The van der Waals surface area contributed by atoms with Gasteiger partial charge in [0.15, 0.2) is 0 Å². The Bertz CT molecular complexity index is 346. The van der Waals surface area contributed by atoms with Crippen molar-refractivity contribution < 1.29 is 19.9 Å². The van der Waals surface area contributed by atoms with E-state index in [1.54, 1.807) is 0 Å². The van der Waals surface area contributed by atoms with Crippen molar-refractivity contribution in [3.63, 3.8) is 0 Å². The molecule has 2 N–H and O–H groups in total. The number of benzene rings is 1. The molecule has 14 heavy (non-hydrogen) atoms. The molecule has 1 aromatic rings. The second-order valence-corrected chi connectivity index (χ2v) is 2.24. The molecule has 1 rings (SSSR count). The Balaban J connectivity index is 0.00000169. The first-order chi connectivity index (χ1) is 6.04. The first-order valence-corrected chi connectivity index (χ1v) is 3.23. The maximum atomic E-state index is 10.4. The van der Waals surface area contributed by atoms with Crippen molar-refractivity contribution in [3.05, 3.63) is 33.9 Å². The predicted octanol–water partition coefficient (Wildman–Crippen LogP) is 0.350. The Kier molecular flexibility index (Phi) is 4.55. The number of rotatable bonds is 2. The Morgan fingerprint density at radius 2 is 2.00 bits per heavy atom. The number of hydrogen-bond donors (Lipinski definition) is 2. The Hall–Kier alpha value is -1.11. The van der Waals surface area contributed by atoms with Crippen LogP contribution in [0, 0.1) is 10.1 Å². The van der Waals surface area contributed by atoms with Gasteiger partial charge in [0.05, 0.1) is 4.92 Å². The van der Waals surface area contributed by atoms with Crippen LogP contribution in [-0.2, 0) is 0 Å². The molecule has 0 unspecified atom stereocenters. The molecule has 70 valence electrons. The molecule has 0 radical (unpaired) electrons. The van der Waals surface area contributed by atoms with E-state index >= 15 is 0 Å². The second kappa shape index (κ2) is 4.94. The summed E-state index contributed by atoms with van der Waals surface area (Å²) in [5, 5.41) is 27.8. The average Bonchev–Trinajstić information content (AvgIpc) is 2.03. The molecule has 0 aliphatic rings. The number of nitro benzene ring substituents is 1. The van der Waals surface area contributed by atoms with E-state index in [9.17, 15) is 14.9 Å². The van der Waals surface area contributed by atoms with Crippen molar-refractivity contribution >= 4 is 41.2 Å². The first kappa shape index (κ1) is 12.9. The molecule has 0 amide bonds. The van der Waals surface area contributed by atoms with Gasteiger partial charge in [-0.05, 0) is 6.07 Å². The maximum absolute atomic E-state index is 10.4. The van der Waals surface area contributed by atoms with E-state index in [1.165, 1.54) is 6.07 Å². The minimum atomic E-state index is -1.40. The van der Waals surface area contributed by atoms with Gasteiger partial charge >= 0.3 is 41.2 Å². The quantitative estimate of drug-likeness (QED) is 0.414. The van der Waals surface area contributed by atoms with E-state index in [4.69, 9.17) is 10.2 Å². The summed E-state index contributed by atoms with van der Waals surface area (Å²) < 4.78 is 0. The molecular weight excluding hydrogens is 201 g/mol. The summed E-state index contributed by atoms with van der Waals surface area (Å²) >= 11 is 0. The van der Waals surface area contributed by atoms with Crippen molar-refractivity contribution in [2.24, 2.45) is 0 Å². The van der Waals surface area contributed by atoms with E-state index in [0.29, 0.717) is 0 Å². The van der Waals surface area contributed by atoms with Crippen molar-refractivity contribution in [1.29, 1.82) is 0 Å². The normalized spacial score (nSPS) is 8.86. The number of aromatic hydroxyl groups is 1. The van der Waals surface area contributed by atoms with Crippen LogP contribution in [0.1, 0.15) is 10.4 Å². The van der Waals surface area contributed by atoms with E-state index in [0.717, 1.165) is 12.1 Å². The van der Waals surface area contributed by atoms with Crippen LogP contribution in [0.4, 0.5) is 5.69 Å². The van der Waals surface area contributed by atoms with Gasteiger partial charge in [0.25, 0.3) is 0 Å². The summed E-state index contributed by atoms with van der Waals surface area (Å²) in [4.78, 5) is 19.8. The molecule has 0 aliphatic heterocycles. The fraction of sp³-hybridized carbons (Fsp3) is 0. The molecule has 6 nitrogen and oxygen atoms in total. The molecule has 0 bridgehead atoms. The van der Waals surface area contributed by atoms with Crippen molar-refractivity contribution in [2.75, 3.05) is 0 Å². The molecular formula is C7H6NNaO5. The van der Waals surface area contributed by atoms with Gasteiger partial charge in [-0.2, -0.15) is 0 Å². The number of hydrogen-bond acceptors (Lipinski definition) is 4. The SMILES string of the molecule is O=C(O)c1cccc([N+](=O)[O-])c1O.[NaH]. The van der Waals surface area contributed by atoms with Crippen LogP contribution in [-0.4, -0.2) is 50.7 Å². The van der Waals surface area contributed by atoms with Gasteiger partial charge in [0.1, 0.15) is 5.56 Å². The second-order valence-electron chi connectivity index (χ2n) is 2.24. The number of aromatic carboxylic acids is 1. The molecule has 0 saturated heterocycles. The monoisotopic (exact) mass is 207 g/mol. The fourth-order valence-corrected chi connectivity index (χ4v) is 0.851. The van der Waals surface area contributed by atoms with Crippen molar-refractivity contribution in [1.82, 2.24) is 0 Å². The zero-order chi connectivity index (χ0) is 10.0. The molecule has 1 aromatic carbocycles. The predicted molar refractivity (Wildman–Crippen MR) is 48.9 cm³/mol. The molecule has 7 heteroatoms. The summed E-state index contributed by atoms with van der Waals surface area (Å²) in [6.07, 6.45) is 0. The van der Waals surface area contributed by atoms with E-state index in [-0.39, 0.29) is 29.6 Å². The molecule has 0 saturated carbocycles. The number of carbonyl (C=O) groups is 1. The summed E-state index contributed by atoms with van der Waals surface area (Å²) in [5.74, 6) is -2.22. The summed E-state index contributed by atoms with van der Waals surface area (Å²) in [7, 11) is 0. The molecule has 0 aromatic heterocycles. The third kappa shape index (κ3) is 2.44. The van der Waals surface area contributed by atoms with E-state index in [1.807, 2.05) is 0 Å². The topological polar surface area (TPSA) is 101 Å². The van der Waals surface area contributed by atoms with Gasteiger partial charge in [-0.25, -0.2) is 4.79 Å². The van der Waals surface area contributed by atoms with E-state index in [2.05, 4.69) is 0 Å². The third-order valence-corrected chi connectivity index (χ3v) is 1.44. The number of phenols is 1. The Morgan fingerprint density at radius 3 is 2.43 bits per heavy atom. The average molecular weight is 207 g/mol. The van der Waals surface area contributed by atoms with Crippen LogP contribution in [0.15, 0.2) is 18.2 Å². The van der Waals surface area contributed by atoms with Crippen LogP contribution in [0.5, 0.6) is 5.75 Å².